The molecule has 16 heavy (non-hydrogen) atoms. The van der Waals surface area contributed by atoms with Crippen LogP contribution in [0.1, 0.15) is 12.6 Å². The van der Waals surface area contributed by atoms with E-state index >= 15 is 0 Å². The molecule has 2 rings (SSSR count). The van der Waals surface area contributed by atoms with Gasteiger partial charge in [-0.3, -0.25) is 9.20 Å². The van der Waals surface area contributed by atoms with Gasteiger partial charge in [-0.2, -0.15) is 0 Å². The summed E-state index contributed by atoms with van der Waals surface area (Å²) in [4.78, 5) is 16.5. The normalized spacial score (nSPS) is 10.7. The molecule has 0 spiro atoms. The van der Waals surface area contributed by atoms with Crippen LogP contribution in [-0.2, 0) is 6.42 Å². The summed E-state index contributed by atoms with van der Waals surface area (Å²) in [6, 6.07) is 3.65. The highest BCUT2D eigenvalue weighted by Crippen LogP contribution is 2.15. The molecule has 0 amide bonds. The van der Waals surface area contributed by atoms with Gasteiger partial charge in [0.15, 0.2) is 0 Å². The number of ether oxygens (including phenoxy) is 1. The number of aromatic nitrogens is 2. The maximum Gasteiger partial charge on any atom is 0.300 e. The molecule has 0 unspecified atom stereocenters. The lowest BCUT2D eigenvalue weighted by Crippen LogP contribution is -2.19. The minimum Gasteiger partial charge on any atom is -0.490 e. The lowest BCUT2D eigenvalue weighted by atomic mass is 10.3. The van der Waals surface area contributed by atoms with Crippen LogP contribution in [0.5, 0.6) is 5.75 Å². The highest BCUT2D eigenvalue weighted by molar-refractivity contribution is 9.10. The molecule has 0 aliphatic rings. The van der Waals surface area contributed by atoms with Crippen molar-refractivity contribution < 1.29 is 4.74 Å². The zero-order valence-corrected chi connectivity index (χ0v) is 10.6. The van der Waals surface area contributed by atoms with Crippen molar-refractivity contribution >= 4 is 21.6 Å². The summed E-state index contributed by atoms with van der Waals surface area (Å²) >= 11 is 3.32. The van der Waals surface area contributed by atoms with Gasteiger partial charge >= 0.3 is 5.56 Å². The lowest BCUT2D eigenvalue weighted by Gasteiger charge is -2.08. The zero-order chi connectivity index (χ0) is 11.7. The number of hydrogen-bond donors (Lipinski definition) is 0. The first-order valence-corrected chi connectivity index (χ1v) is 5.71. The molecule has 2 heterocycles. The number of methoxy groups -OCH3 is 1. The number of rotatable bonds is 2. The molecule has 0 fully saturated rings. The van der Waals surface area contributed by atoms with Gasteiger partial charge in [0.2, 0.25) is 5.75 Å². The first kappa shape index (κ1) is 11.1. The first-order valence-electron chi connectivity index (χ1n) is 4.92. The van der Waals surface area contributed by atoms with Crippen molar-refractivity contribution in [3.05, 3.63) is 38.9 Å². The number of halogens is 1. The quantitative estimate of drug-likeness (QED) is 0.847. The summed E-state index contributed by atoms with van der Waals surface area (Å²) in [5.41, 5.74) is 1.14. The van der Waals surface area contributed by atoms with Crippen LogP contribution >= 0.6 is 15.9 Å². The molecular formula is C11H11BrN2O2. The Kier molecular flexibility index (Phi) is 2.96. The summed E-state index contributed by atoms with van der Waals surface area (Å²) in [6.07, 6.45) is 2.36. The van der Waals surface area contributed by atoms with Gasteiger partial charge in [0.1, 0.15) is 5.65 Å². The van der Waals surface area contributed by atoms with E-state index < -0.39 is 0 Å². The number of hydrogen-bond acceptors (Lipinski definition) is 3. The van der Waals surface area contributed by atoms with Crippen LogP contribution in [0, 0.1) is 0 Å². The monoisotopic (exact) mass is 282 g/mol. The minimum absolute atomic E-state index is 0.175. The van der Waals surface area contributed by atoms with Gasteiger partial charge < -0.3 is 4.74 Å². The van der Waals surface area contributed by atoms with Crippen LogP contribution < -0.4 is 10.3 Å². The maximum atomic E-state index is 12.1. The predicted molar refractivity (Wildman–Crippen MR) is 65.1 cm³/mol. The number of nitrogens with zero attached hydrogens (tertiary/aromatic N) is 2. The molecular weight excluding hydrogens is 272 g/mol. The Hall–Kier alpha value is -1.36. The Morgan fingerprint density at radius 2 is 2.25 bits per heavy atom. The highest BCUT2D eigenvalue weighted by atomic mass is 79.9. The first-order chi connectivity index (χ1) is 7.67. The smallest absolute Gasteiger partial charge is 0.300 e. The van der Waals surface area contributed by atoms with E-state index in [2.05, 4.69) is 20.9 Å². The van der Waals surface area contributed by atoms with Crippen molar-refractivity contribution in [3.63, 3.8) is 0 Å². The molecule has 0 saturated carbocycles. The van der Waals surface area contributed by atoms with E-state index in [0.717, 1.165) is 4.47 Å². The Bertz CT molecular complexity index is 592. The molecule has 0 aromatic carbocycles. The molecule has 0 N–H and O–H groups in total. The van der Waals surface area contributed by atoms with E-state index in [1.807, 2.05) is 13.0 Å². The predicted octanol–water partition coefficient (Wildman–Crippen LogP) is 2.03. The molecule has 2 aromatic rings. The van der Waals surface area contributed by atoms with Crippen LogP contribution in [-0.4, -0.2) is 16.5 Å². The van der Waals surface area contributed by atoms with Gasteiger partial charge in [-0.15, -0.1) is 0 Å². The Balaban J connectivity index is 2.88. The fraction of sp³-hybridized carbons (Fsp3) is 0.273. The van der Waals surface area contributed by atoms with Crippen LogP contribution in [0.3, 0.4) is 0 Å². The van der Waals surface area contributed by atoms with Gasteiger partial charge in [0.25, 0.3) is 0 Å². The second-order valence-corrected chi connectivity index (χ2v) is 4.24. The Labute approximate surface area is 101 Å². The third kappa shape index (κ3) is 1.71. The molecule has 0 aliphatic heterocycles. The van der Waals surface area contributed by atoms with E-state index in [1.54, 1.807) is 12.3 Å². The van der Waals surface area contributed by atoms with Crippen LogP contribution in [0.4, 0.5) is 0 Å². The van der Waals surface area contributed by atoms with E-state index in [-0.39, 0.29) is 5.56 Å². The van der Waals surface area contributed by atoms with Crippen molar-refractivity contribution in [1.82, 2.24) is 9.38 Å². The van der Waals surface area contributed by atoms with Gasteiger partial charge in [0.05, 0.1) is 12.8 Å². The fourth-order valence-corrected chi connectivity index (χ4v) is 1.92. The van der Waals surface area contributed by atoms with Crippen molar-refractivity contribution in [3.8, 4) is 5.75 Å². The standard InChI is InChI=1S/C11H11BrN2O2/c1-3-8-10(16-2)11(15)14-6-7(12)4-5-9(14)13-8/h4-6H,3H2,1-2H3. The van der Waals surface area contributed by atoms with Gasteiger partial charge in [0, 0.05) is 10.7 Å². The van der Waals surface area contributed by atoms with Gasteiger partial charge in [-0.25, -0.2) is 4.98 Å². The van der Waals surface area contributed by atoms with Crippen LogP contribution in [0.2, 0.25) is 0 Å². The topological polar surface area (TPSA) is 43.6 Å². The Morgan fingerprint density at radius 1 is 1.50 bits per heavy atom. The SMILES string of the molecule is CCc1nc2ccc(Br)cn2c(=O)c1OC. The molecule has 0 aliphatic carbocycles. The van der Waals surface area contributed by atoms with Crippen LogP contribution in [0.25, 0.3) is 5.65 Å². The average molecular weight is 283 g/mol. The van der Waals surface area contributed by atoms with Crippen molar-refractivity contribution in [2.45, 2.75) is 13.3 Å². The summed E-state index contributed by atoms with van der Waals surface area (Å²) in [5.74, 6) is 0.318. The Morgan fingerprint density at radius 3 is 2.88 bits per heavy atom. The molecule has 0 radical (unpaired) electrons. The molecule has 0 saturated heterocycles. The molecule has 84 valence electrons. The van der Waals surface area contributed by atoms with Crippen molar-refractivity contribution in [2.24, 2.45) is 0 Å². The zero-order valence-electron chi connectivity index (χ0n) is 9.03. The highest BCUT2D eigenvalue weighted by Gasteiger charge is 2.11. The number of pyridine rings is 1. The van der Waals surface area contributed by atoms with E-state index in [1.165, 1.54) is 11.5 Å². The summed E-state index contributed by atoms with van der Waals surface area (Å²) < 4.78 is 7.41. The van der Waals surface area contributed by atoms with E-state index in [4.69, 9.17) is 4.74 Å². The fourth-order valence-electron chi connectivity index (χ4n) is 1.59. The molecule has 0 atom stereocenters. The van der Waals surface area contributed by atoms with Crippen molar-refractivity contribution in [1.29, 1.82) is 0 Å². The molecule has 2 aromatic heterocycles. The molecule has 5 heteroatoms. The van der Waals surface area contributed by atoms with Crippen LogP contribution in [0.15, 0.2) is 27.6 Å². The summed E-state index contributed by atoms with van der Waals surface area (Å²) in [5, 5.41) is 0. The van der Waals surface area contributed by atoms with Gasteiger partial charge in [-0.1, -0.05) is 6.92 Å². The third-order valence-electron chi connectivity index (χ3n) is 2.35. The molecule has 4 nitrogen and oxygen atoms in total. The van der Waals surface area contributed by atoms with E-state index in [0.29, 0.717) is 23.5 Å². The van der Waals surface area contributed by atoms with Gasteiger partial charge in [-0.05, 0) is 34.5 Å². The summed E-state index contributed by atoms with van der Waals surface area (Å²) in [7, 11) is 1.49. The maximum absolute atomic E-state index is 12.1. The largest absolute Gasteiger partial charge is 0.490 e. The second-order valence-electron chi connectivity index (χ2n) is 3.33. The second kappa shape index (κ2) is 4.25. The summed E-state index contributed by atoms with van der Waals surface area (Å²) in [6.45, 7) is 1.94. The average Bonchev–Trinajstić information content (AvgIpc) is 2.29. The minimum atomic E-state index is -0.175. The van der Waals surface area contributed by atoms with Crippen molar-refractivity contribution in [2.75, 3.05) is 7.11 Å². The third-order valence-corrected chi connectivity index (χ3v) is 2.82. The molecule has 0 bridgehead atoms. The number of aryl methyl sites for hydroxylation is 1. The lowest BCUT2D eigenvalue weighted by molar-refractivity contribution is 0.399. The number of fused-ring (bicyclic) bond motifs is 1. The van der Waals surface area contributed by atoms with E-state index in [9.17, 15) is 4.79 Å².